The molecular formula is C10H9ClNO4S. The number of benzene rings is 1. The largest absolute Gasteiger partial charge is 0.441 e. The first-order valence-electron chi connectivity index (χ1n) is 4.86. The highest BCUT2D eigenvalue weighted by Gasteiger charge is 2.09. The fraction of sp³-hybridized carbons (Fsp3) is 0.300. The van der Waals surface area contributed by atoms with Crippen LogP contribution in [0.25, 0.3) is 11.1 Å². The second-order valence-corrected chi connectivity index (χ2v) is 5.50. The number of aromatic nitrogens is 1. The molecule has 2 rings (SSSR count). The number of fused-ring (bicyclic) bond motifs is 1. The molecule has 5 nitrogen and oxygen atoms in total. The van der Waals surface area contributed by atoms with Crippen LogP contribution in [0.1, 0.15) is 12.3 Å². The molecule has 0 aliphatic carbocycles. The van der Waals surface area contributed by atoms with Gasteiger partial charge in [0, 0.05) is 12.5 Å². The molecule has 1 radical (unpaired) electrons. The SMILES string of the molecule is O=S(=O)(O)CCCc1nc2[c]c(Cl)ccc2o1. The zero-order valence-electron chi connectivity index (χ0n) is 8.68. The van der Waals surface area contributed by atoms with Crippen LogP contribution in [-0.4, -0.2) is 23.7 Å². The third-order valence-corrected chi connectivity index (χ3v) is 3.13. The third kappa shape index (κ3) is 3.42. The smallest absolute Gasteiger partial charge is 0.264 e. The normalized spacial score (nSPS) is 12.1. The molecule has 0 spiro atoms. The van der Waals surface area contributed by atoms with Crippen LogP contribution in [-0.2, 0) is 16.5 Å². The number of nitrogens with zero attached hydrogens (tertiary/aromatic N) is 1. The van der Waals surface area contributed by atoms with Crippen LogP contribution >= 0.6 is 11.6 Å². The van der Waals surface area contributed by atoms with Crippen LogP contribution < -0.4 is 0 Å². The van der Waals surface area contributed by atoms with Gasteiger partial charge in [-0.25, -0.2) is 4.98 Å². The lowest BCUT2D eigenvalue weighted by Gasteiger charge is -1.93. The maximum absolute atomic E-state index is 10.5. The van der Waals surface area contributed by atoms with E-state index in [4.69, 9.17) is 20.6 Å². The Balaban J connectivity index is 2.09. The molecule has 17 heavy (non-hydrogen) atoms. The van der Waals surface area contributed by atoms with Gasteiger partial charge in [0.2, 0.25) is 0 Å². The highest BCUT2D eigenvalue weighted by atomic mass is 35.5. The summed E-state index contributed by atoms with van der Waals surface area (Å²) >= 11 is 5.74. The van der Waals surface area contributed by atoms with E-state index in [0.29, 0.717) is 28.4 Å². The van der Waals surface area contributed by atoms with E-state index < -0.39 is 10.1 Å². The van der Waals surface area contributed by atoms with Crippen molar-refractivity contribution in [3.05, 3.63) is 29.1 Å². The minimum atomic E-state index is -3.93. The van der Waals surface area contributed by atoms with Crippen molar-refractivity contribution in [2.45, 2.75) is 12.8 Å². The molecule has 2 aromatic rings. The van der Waals surface area contributed by atoms with Gasteiger partial charge in [-0.2, -0.15) is 8.42 Å². The van der Waals surface area contributed by atoms with Gasteiger partial charge in [0.05, 0.1) is 10.8 Å². The number of rotatable bonds is 4. The second-order valence-electron chi connectivity index (χ2n) is 3.52. The van der Waals surface area contributed by atoms with Gasteiger partial charge >= 0.3 is 0 Å². The van der Waals surface area contributed by atoms with E-state index in [1.165, 1.54) is 0 Å². The fourth-order valence-electron chi connectivity index (χ4n) is 1.40. The maximum Gasteiger partial charge on any atom is 0.264 e. The lowest BCUT2D eigenvalue weighted by Crippen LogP contribution is -2.04. The fourth-order valence-corrected chi connectivity index (χ4v) is 2.06. The number of hydrogen-bond donors (Lipinski definition) is 1. The molecule has 91 valence electrons. The molecule has 1 heterocycles. The quantitative estimate of drug-likeness (QED) is 0.864. The van der Waals surface area contributed by atoms with Gasteiger partial charge in [-0.15, -0.1) is 0 Å². The van der Waals surface area contributed by atoms with E-state index >= 15 is 0 Å². The Morgan fingerprint density at radius 2 is 2.24 bits per heavy atom. The van der Waals surface area contributed by atoms with Crippen molar-refractivity contribution in [2.75, 3.05) is 5.75 Å². The zero-order chi connectivity index (χ0) is 12.5. The van der Waals surface area contributed by atoms with Crippen LogP contribution in [0.4, 0.5) is 0 Å². The van der Waals surface area contributed by atoms with Crippen molar-refractivity contribution in [1.82, 2.24) is 4.98 Å². The summed E-state index contributed by atoms with van der Waals surface area (Å²) in [5.74, 6) is 0.0955. The second kappa shape index (κ2) is 4.64. The van der Waals surface area contributed by atoms with E-state index in [2.05, 4.69) is 11.1 Å². The summed E-state index contributed by atoms with van der Waals surface area (Å²) in [4.78, 5) is 4.11. The molecule has 0 bridgehead atoms. The van der Waals surface area contributed by atoms with Crippen molar-refractivity contribution >= 4 is 32.8 Å². The van der Waals surface area contributed by atoms with Crippen LogP contribution in [0.15, 0.2) is 16.5 Å². The Labute approximate surface area is 103 Å². The molecule has 0 aliphatic rings. The first-order valence-corrected chi connectivity index (χ1v) is 6.85. The Kier molecular flexibility index (Phi) is 3.37. The average molecular weight is 275 g/mol. The monoisotopic (exact) mass is 274 g/mol. The van der Waals surface area contributed by atoms with E-state index in [0.717, 1.165) is 0 Å². The molecule has 0 aliphatic heterocycles. The Morgan fingerprint density at radius 1 is 1.47 bits per heavy atom. The summed E-state index contributed by atoms with van der Waals surface area (Å²) in [6.45, 7) is 0. The van der Waals surface area contributed by atoms with Gasteiger partial charge in [-0.1, -0.05) is 11.6 Å². The first kappa shape index (κ1) is 12.3. The van der Waals surface area contributed by atoms with E-state index in [1.54, 1.807) is 12.1 Å². The van der Waals surface area contributed by atoms with Gasteiger partial charge < -0.3 is 4.42 Å². The van der Waals surface area contributed by atoms with Crippen LogP contribution in [0, 0.1) is 6.07 Å². The highest BCUT2D eigenvalue weighted by Crippen LogP contribution is 2.19. The van der Waals surface area contributed by atoms with E-state index in [1.807, 2.05) is 0 Å². The molecule has 0 atom stereocenters. The average Bonchev–Trinajstić information content (AvgIpc) is 2.57. The van der Waals surface area contributed by atoms with Crippen molar-refractivity contribution in [1.29, 1.82) is 0 Å². The van der Waals surface area contributed by atoms with Gasteiger partial charge in [-0.05, 0) is 18.6 Å². The summed E-state index contributed by atoms with van der Waals surface area (Å²) in [6, 6.07) is 6.12. The van der Waals surface area contributed by atoms with Crippen LogP contribution in [0.3, 0.4) is 0 Å². The molecule has 7 heteroatoms. The van der Waals surface area contributed by atoms with Crippen molar-refractivity contribution in [3.63, 3.8) is 0 Å². The Bertz CT molecular complexity index is 635. The molecule has 1 N–H and O–H groups in total. The zero-order valence-corrected chi connectivity index (χ0v) is 10.3. The lowest BCUT2D eigenvalue weighted by molar-refractivity contribution is 0.477. The predicted octanol–water partition coefficient (Wildman–Crippen LogP) is 2.10. The van der Waals surface area contributed by atoms with Crippen molar-refractivity contribution in [3.8, 4) is 0 Å². The molecule has 0 fully saturated rings. The first-order chi connectivity index (χ1) is 7.94. The minimum Gasteiger partial charge on any atom is -0.441 e. The van der Waals surface area contributed by atoms with Gasteiger partial charge in [0.15, 0.2) is 11.5 Å². The van der Waals surface area contributed by atoms with Crippen LogP contribution in [0.5, 0.6) is 0 Å². The number of halogens is 1. The maximum atomic E-state index is 10.5. The predicted molar refractivity (Wildman–Crippen MR) is 62.6 cm³/mol. The molecule has 0 amide bonds. The summed E-state index contributed by atoms with van der Waals surface area (Å²) in [7, 11) is -3.93. The molecule has 1 aromatic heterocycles. The number of aryl methyl sites for hydroxylation is 1. The molecule has 0 saturated heterocycles. The highest BCUT2D eigenvalue weighted by molar-refractivity contribution is 7.85. The van der Waals surface area contributed by atoms with Crippen molar-refractivity contribution in [2.24, 2.45) is 0 Å². The standard InChI is InChI=1S/C10H9ClNO4S/c11-7-3-4-9-8(6-7)12-10(16-9)2-1-5-17(13,14)15/h3-4H,1-2,5H2,(H,13,14,15). The third-order valence-electron chi connectivity index (χ3n) is 2.11. The minimum absolute atomic E-state index is 0.249. The van der Waals surface area contributed by atoms with E-state index in [-0.39, 0.29) is 12.2 Å². The molecule has 1 aromatic carbocycles. The molecule has 0 saturated carbocycles. The molecular weight excluding hydrogens is 266 g/mol. The Morgan fingerprint density at radius 3 is 2.94 bits per heavy atom. The van der Waals surface area contributed by atoms with Gasteiger partial charge in [-0.3, -0.25) is 4.55 Å². The van der Waals surface area contributed by atoms with Crippen molar-refractivity contribution < 1.29 is 17.4 Å². The van der Waals surface area contributed by atoms with Gasteiger partial charge in [0.1, 0.15) is 5.52 Å². The Hall–Kier alpha value is -1.11. The summed E-state index contributed by atoms with van der Waals surface area (Å²) < 4.78 is 35.0. The topological polar surface area (TPSA) is 80.4 Å². The summed E-state index contributed by atoms with van der Waals surface area (Å²) in [5.41, 5.74) is 1.07. The summed E-state index contributed by atoms with van der Waals surface area (Å²) in [6.07, 6.45) is 0.583. The van der Waals surface area contributed by atoms with Gasteiger partial charge in [0.25, 0.3) is 10.1 Å². The summed E-state index contributed by atoms with van der Waals surface area (Å²) in [5, 5.41) is 0.440. The number of oxazole rings is 1. The lowest BCUT2D eigenvalue weighted by atomic mass is 10.3. The molecule has 0 unspecified atom stereocenters. The number of hydrogen-bond acceptors (Lipinski definition) is 4. The van der Waals surface area contributed by atoms with E-state index in [9.17, 15) is 8.42 Å². The van der Waals surface area contributed by atoms with Crippen LogP contribution in [0.2, 0.25) is 5.02 Å².